The Balaban J connectivity index is 1.74. The number of benzene rings is 1. The van der Waals surface area contributed by atoms with E-state index in [4.69, 9.17) is 0 Å². The minimum atomic E-state index is 0.0455. The molecule has 2 heterocycles. The van der Waals surface area contributed by atoms with Crippen LogP contribution in [0.15, 0.2) is 18.2 Å². The van der Waals surface area contributed by atoms with E-state index in [1.165, 1.54) is 0 Å². The molecule has 0 amide bonds. The van der Waals surface area contributed by atoms with E-state index in [0.29, 0.717) is 12.0 Å². The summed E-state index contributed by atoms with van der Waals surface area (Å²) >= 11 is 0.0455. The van der Waals surface area contributed by atoms with Crippen molar-refractivity contribution in [2.45, 2.75) is 13.0 Å². The first kappa shape index (κ1) is 11.2. The topological polar surface area (TPSA) is 61.9 Å². The molecule has 2 aromatic rings. The third-order valence-corrected chi connectivity index (χ3v) is 4.38. The van der Waals surface area contributed by atoms with Gasteiger partial charge in [0.1, 0.15) is 0 Å². The molecular formula is C11H15N5Se. The molecule has 17 heavy (non-hydrogen) atoms. The molecule has 2 unspecified atom stereocenters. The molecule has 0 bridgehead atoms. The quantitative estimate of drug-likeness (QED) is 0.707. The Labute approximate surface area is 106 Å². The van der Waals surface area contributed by atoms with Gasteiger partial charge in [-0.25, -0.2) is 0 Å². The third kappa shape index (κ3) is 2.21. The fraction of sp³-hybridized carbons (Fsp3) is 0.455. The van der Waals surface area contributed by atoms with Crippen molar-refractivity contribution in [1.29, 1.82) is 0 Å². The van der Waals surface area contributed by atoms with Crippen LogP contribution in [-0.2, 0) is 0 Å². The summed E-state index contributed by atoms with van der Waals surface area (Å²) < 4.78 is 8.85. The van der Waals surface area contributed by atoms with Gasteiger partial charge in [0, 0.05) is 0 Å². The molecule has 0 radical (unpaired) electrons. The van der Waals surface area contributed by atoms with E-state index in [2.05, 4.69) is 37.1 Å². The van der Waals surface area contributed by atoms with Gasteiger partial charge < -0.3 is 0 Å². The molecule has 0 aliphatic carbocycles. The van der Waals surface area contributed by atoms with Crippen LogP contribution in [0.4, 0.5) is 5.69 Å². The van der Waals surface area contributed by atoms with Crippen molar-refractivity contribution >= 4 is 31.7 Å². The summed E-state index contributed by atoms with van der Waals surface area (Å²) in [4.78, 5) is 0. The molecule has 1 saturated heterocycles. The molecule has 6 heteroatoms. The van der Waals surface area contributed by atoms with Crippen molar-refractivity contribution in [3.63, 3.8) is 0 Å². The van der Waals surface area contributed by atoms with Crippen LogP contribution >= 0.6 is 0 Å². The number of aromatic nitrogens is 2. The van der Waals surface area contributed by atoms with Gasteiger partial charge in [-0.1, -0.05) is 0 Å². The molecule has 1 aromatic carbocycles. The minimum absolute atomic E-state index is 0.0455. The third-order valence-electron chi connectivity index (χ3n) is 3.24. The van der Waals surface area contributed by atoms with Gasteiger partial charge in [0.05, 0.1) is 0 Å². The van der Waals surface area contributed by atoms with Crippen molar-refractivity contribution < 1.29 is 0 Å². The molecule has 1 fully saturated rings. The van der Waals surface area contributed by atoms with Crippen molar-refractivity contribution in [3.8, 4) is 0 Å². The van der Waals surface area contributed by atoms with Crippen molar-refractivity contribution in [2.75, 3.05) is 18.4 Å². The summed E-state index contributed by atoms with van der Waals surface area (Å²) in [5, 5.41) is 3.49. The molecule has 1 aliphatic rings. The number of nitrogens with one attached hydrogen (secondary N) is 3. The van der Waals surface area contributed by atoms with Gasteiger partial charge in [-0.15, -0.1) is 0 Å². The number of fused-ring (bicyclic) bond motifs is 1. The Morgan fingerprint density at radius 2 is 2.41 bits per heavy atom. The van der Waals surface area contributed by atoms with Crippen LogP contribution in [0.25, 0.3) is 11.0 Å². The SMILES string of the molecule is CC1NNCC1CNc1cccc2n[se]nc12. The number of nitrogens with zero attached hydrogens (tertiary/aromatic N) is 2. The van der Waals surface area contributed by atoms with E-state index in [-0.39, 0.29) is 15.0 Å². The number of rotatable bonds is 3. The second-order valence-corrected chi connectivity index (χ2v) is 5.50. The number of hydrogen-bond donors (Lipinski definition) is 3. The molecule has 3 rings (SSSR count). The summed E-state index contributed by atoms with van der Waals surface area (Å²) in [7, 11) is 0. The van der Waals surface area contributed by atoms with Gasteiger partial charge in [-0.05, 0) is 0 Å². The van der Waals surface area contributed by atoms with E-state index < -0.39 is 0 Å². The average molecular weight is 296 g/mol. The molecule has 0 spiro atoms. The second kappa shape index (κ2) is 4.74. The van der Waals surface area contributed by atoms with Crippen LogP contribution < -0.4 is 16.2 Å². The van der Waals surface area contributed by atoms with Gasteiger partial charge in [0.15, 0.2) is 0 Å². The monoisotopic (exact) mass is 297 g/mol. The standard InChI is InChI=1S/C11H15N5Se/c1-7-8(6-13-14-7)5-12-9-3-2-4-10-11(9)16-17-15-10/h2-4,7-8,12-14H,5-6H2,1H3. The van der Waals surface area contributed by atoms with Crippen LogP contribution in [-0.4, -0.2) is 42.1 Å². The molecular weight excluding hydrogens is 281 g/mol. The molecule has 3 N–H and O–H groups in total. The van der Waals surface area contributed by atoms with Crippen molar-refractivity contribution in [3.05, 3.63) is 18.2 Å². The maximum absolute atomic E-state index is 4.47. The van der Waals surface area contributed by atoms with Crippen LogP contribution in [0.3, 0.4) is 0 Å². The zero-order valence-electron chi connectivity index (χ0n) is 9.60. The Morgan fingerprint density at radius 1 is 1.47 bits per heavy atom. The molecule has 5 nitrogen and oxygen atoms in total. The van der Waals surface area contributed by atoms with E-state index in [1.54, 1.807) is 0 Å². The van der Waals surface area contributed by atoms with Gasteiger partial charge in [0.25, 0.3) is 0 Å². The summed E-state index contributed by atoms with van der Waals surface area (Å²) in [6, 6.07) is 6.65. The maximum atomic E-state index is 4.47. The van der Waals surface area contributed by atoms with Crippen molar-refractivity contribution in [1.82, 2.24) is 18.8 Å². The first-order chi connectivity index (χ1) is 8.34. The van der Waals surface area contributed by atoms with Crippen LogP contribution in [0.5, 0.6) is 0 Å². The second-order valence-electron chi connectivity index (χ2n) is 4.39. The zero-order chi connectivity index (χ0) is 11.7. The fourth-order valence-corrected chi connectivity index (χ4v) is 3.24. The van der Waals surface area contributed by atoms with Gasteiger partial charge in [0.2, 0.25) is 0 Å². The van der Waals surface area contributed by atoms with Crippen LogP contribution in [0, 0.1) is 5.92 Å². The molecule has 90 valence electrons. The van der Waals surface area contributed by atoms with Crippen molar-refractivity contribution in [2.24, 2.45) is 5.92 Å². The first-order valence-corrected chi connectivity index (χ1v) is 7.31. The van der Waals surface area contributed by atoms with Gasteiger partial charge in [-0.3, -0.25) is 0 Å². The summed E-state index contributed by atoms with van der Waals surface area (Å²) in [6.45, 7) is 4.17. The van der Waals surface area contributed by atoms with Gasteiger partial charge in [-0.2, -0.15) is 0 Å². The fourth-order valence-electron chi connectivity index (χ4n) is 2.08. The van der Waals surface area contributed by atoms with E-state index in [1.807, 2.05) is 12.1 Å². The Hall–Kier alpha value is -0.941. The van der Waals surface area contributed by atoms with Gasteiger partial charge >= 0.3 is 106 Å². The number of hydrazine groups is 1. The number of hydrogen-bond acceptors (Lipinski definition) is 5. The molecule has 2 atom stereocenters. The Bertz CT molecular complexity index is 511. The summed E-state index contributed by atoms with van der Waals surface area (Å²) in [6.07, 6.45) is 0. The number of anilines is 1. The Kier molecular flexibility index (Phi) is 3.11. The first-order valence-electron chi connectivity index (χ1n) is 5.78. The molecule has 1 aliphatic heterocycles. The van der Waals surface area contributed by atoms with E-state index in [0.717, 1.165) is 29.8 Å². The molecule has 1 aromatic heterocycles. The predicted octanol–water partition coefficient (Wildman–Crippen LogP) is 0.211. The van der Waals surface area contributed by atoms with E-state index >= 15 is 0 Å². The summed E-state index contributed by atoms with van der Waals surface area (Å²) in [5.74, 6) is 0.606. The zero-order valence-corrected chi connectivity index (χ0v) is 11.3. The van der Waals surface area contributed by atoms with Crippen LogP contribution in [0.1, 0.15) is 6.92 Å². The summed E-state index contributed by atoms with van der Waals surface area (Å²) in [5.41, 5.74) is 9.60. The Morgan fingerprint density at radius 3 is 3.24 bits per heavy atom. The average Bonchev–Trinajstić information content (AvgIpc) is 2.95. The normalized spacial score (nSPS) is 24.3. The van der Waals surface area contributed by atoms with E-state index in [9.17, 15) is 0 Å². The van der Waals surface area contributed by atoms with Crippen LogP contribution in [0.2, 0.25) is 0 Å². The molecule has 0 saturated carbocycles. The predicted molar refractivity (Wildman–Crippen MR) is 69.1 cm³/mol.